The molecule has 0 saturated heterocycles. The molecule has 0 unspecified atom stereocenters. The van der Waals surface area contributed by atoms with Gasteiger partial charge in [0.2, 0.25) is 0 Å². The van der Waals surface area contributed by atoms with Crippen LogP contribution in [0.3, 0.4) is 0 Å². The molecule has 0 heterocycles. The number of hydrogen-bond donors (Lipinski definition) is 16. The van der Waals surface area contributed by atoms with Crippen LogP contribution in [0.4, 0.5) is 0 Å². The molecule has 0 radical (unpaired) electrons. The second-order valence-corrected chi connectivity index (χ2v) is 0.933. The van der Waals surface area contributed by atoms with E-state index >= 15 is 0 Å². The van der Waals surface area contributed by atoms with Crippen LogP contribution in [-0.4, -0.2) is 0 Å². The molecule has 58 N–H and O–H groups in total. The van der Waals surface area contributed by atoms with Crippen molar-refractivity contribution in [2.75, 3.05) is 0 Å². The minimum absolute atomic E-state index is 0. The molecular formula is H58N23U3+3. The molecule has 0 atom stereocenters. The molecule has 182 valence electrons. The van der Waals surface area contributed by atoms with Crippen molar-refractivity contribution in [3.63, 3.8) is 0 Å². The largest absolute Gasteiger partial charge is 4.00 e. The van der Waals surface area contributed by atoms with Crippen molar-refractivity contribution in [1.82, 2.24) is 98.4 Å². The third-order valence-electron chi connectivity index (χ3n) is 0. The number of nitrogens with zero attached hydrogens (tertiary/aromatic N) is 2. The summed E-state index contributed by atoms with van der Waals surface area (Å²) in [5.41, 5.74) is 0. The fourth-order valence-electron chi connectivity index (χ4n) is 0. The van der Waals surface area contributed by atoms with E-state index in [9.17, 15) is 0 Å². The van der Waals surface area contributed by atoms with Crippen LogP contribution in [0.5, 0.6) is 0 Å². The topological polar surface area (TPSA) is 775 Å². The summed E-state index contributed by atoms with van der Waals surface area (Å²) in [5, 5.41) is 0. The zero-order valence-electron chi connectivity index (χ0n) is 16.6. The zero-order valence-corrected chi connectivity index (χ0v) is 29.1. The maximum atomic E-state index is 7.33. The van der Waals surface area contributed by atoms with Crippen molar-refractivity contribution in [2.24, 2.45) is 0 Å². The SMILES string of the molecule is N.N.N.N.N.N.N.N.N.N.N.N.N.N.N.N.[NH2-].[NH2-].[NH2-].[NH2-].[NH2-].[N]#[U]#[N].[U+4].[U+4]. The van der Waals surface area contributed by atoms with Crippen LogP contribution in [0.2, 0.25) is 0 Å². The Morgan fingerprint density at radius 3 is 0.269 bits per heavy atom. The molecular weight excluding hydrogens is 1040 g/mol. The van der Waals surface area contributed by atoms with Gasteiger partial charge in [0.15, 0.2) is 0 Å². The predicted molar refractivity (Wildman–Crippen MR) is 110 cm³/mol. The van der Waals surface area contributed by atoms with E-state index in [1.165, 1.54) is 0 Å². The van der Waals surface area contributed by atoms with Gasteiger partial charge >= 0.3 is 94.2 Å². The van der Waals surface area contributed by atoms with Crippen molar-refractivity contribution < 1.29 is 89.3 Å². The van der Waals surface area contributed by atoms with Gasteiger partial charge in [-0.2, -0.15) is 0 Å². The Labute approximate surface area is 221 Å². The average molecular weight is 1090 g/mol. The summed E-state index contributed by atoms with van der Waals surface area (Å²) in [6.07, 6.45) is 0. The summed E-state index contributed by atoms with van der Waals surface area (Å²) in [5.74, 6) is 0. The molecule has 0 rings (SSSR count). The van der Waals surface area contributed by atoms with Crippen LogP contribution in [0.25, 0.3) is 30.8 Å². The summed E-state index contributed by atoms with van der Waals surface area (Å²) < 4.78 is 14.7. The van der Waals surface area contributed by atoms with Gasteiger partial charge in [-0.25, -0.2) is 0 Å². The van der Waals surface area contributed by atoms with Crippen LogP contribution in [0.15, 0.2) is 0 Å². The van der Waals surface area contributed by atoms with Gasteiger partial charge in [0, 0.05) is 0 Å². The van der Waals surface area contributed by atoms with Gasteiger partial charge in [-0.3, -0.25) is 0 Å². The standard InChI is InChI=1S/16H3N.5H2N.2N.3U/h16*1H3;5*1H2;;;;;/q;;;;;;;;;;;;;;;;5*-1;;;;2*+4. The number of rotatable bonds is 0. The molecule has 26 heteroatoms. The summed E-state index contributed by atoms with van der Waals surface area (Å²) in [4.78, 5) is 0. The first-order valence-electron chi connectivity index (χ1n) is 0.447. The smallest absolute Gasteiger partial charge is 4.00 e. The summed E-state index contributed by atoms with van der Waals surface area (Å²) in [6.45, 7) is 0. The molecule has 23 nitrogen and oxygen atoms in total. The van der Waals surface area contributed by atoms with Crippen LogP contribution in [0.1, 0.15) is 0 Å². The minimum atomic E-state index is -2.01. The molecule has 0 spiro atoms. The minimum Gasteiger partial charge on any atom is 4.00 e. The molecule has 0 aromatic rings. The van der Waals surface area contributed by atoms with E-state index in [1.807, 2.05) is 0 Å². The molecule has 0 amide bonds. The molecule has 0 saturated carbocycles. The van der Waals surface area contributed by atoms with Gasteiger partial charge in [0.1, 0.15) is 0 Å². The summed E-state index contributed by atoms with van der Waals surface area (Å²) >= 11 is -2.01. The van der Waals surface area contributed by atoms with Crippen molar-refractivity contribution >= 4 is 0 Å². The van der Waals surface area contributed by atoms with Crippen molar-refractivity contribution in [1.29, 1.82) is 4.96 Å². The van der Waals surface area contributed by atoms with E-state index in [2.05, 4.69) is 0 Å². The van der Waals surface area contributed by atoms with E-state index in [1.54, 1.807) is 0 Å². The molecule has 26 heavy (non-hydrogen) atoms. The Morgan fingerprint density at radius 2 is 0.269 bits per heavy atom. The van der Waals surface area contributed by atoms with E-state index in [0.29, 0.717) is 0 Å². The van der Waals surface area contributed by atoms with E-state index < -0.39 is 27.1 Å². The van der Waals surface area contributed by atoms with Crippen molar-refractivity contribution in [3.8, 4) is 0 Å². The zero-order chi connectivity index (χ0) is 2.71. The van der Waals surface area contributed by atoms with Crippen LogP contribution in [0, 0.1) is 94.2 Å². The molecule has 0 aromatic carbocycles. The van der Waals surface area contributed by atoms with Gasteiger partial charge < -0.3 is 129 Å². The van der Waals surface area contributed by atoms with Gasteiger partial charge in [0.25, 0.3) is 0 Å². The molecule has 0 fully saturated rings. The Balaban J connectivity index is -0.0000000000791. The molecule has 0 aromatic heterocycles. The van der Waals surface area contributed by atoms with Crippen LogP contribution >= 0.6 is 0 Å². The average Bonchev–Trinajstić information content (AvgIpc) is 0.918. The first-order valence-corrected chi connectivity index (χ1v) is 4.17. The Morgan fingerprint density at radius 1 is 0.269 bits per heavy atom. The first kappa shape index (κ1) is 1420. The molecule has 0 aliphatic heterocycles. The van der Waals surface area contributed by atoms with Crippen molar-refractivity contribution in [3.05, 3.63) is 30.8 Å². The van der Waals surface area contributed by atoms with Gasteiger partial charge in [-0.15, -0.1) is 0 Å². The van der Waals surface area contributed by atoms with Gasteiger partial charge in [0.05, 0.1) is 0 Å². The second kappa shape index (κ2) is 2370. The number of nitrogens with two attached hydrogens (primary N) is 5. The Hall–Kier alpha value is 1.74. The van der Waals surface area contributed by atoms with Gasteiger partial charge in [-0.05, 0) is 0 Å². The maximum Gasteiger partial charge on any atom is 4.00 e. The predicted octanol–water partition coefficient (Wildman–Crippen LogP) is 6.21. The Kier molecular flexibility index (Phi) is 129000. The quantitative estimate of drug-likeness (QED) is 0.128. The Bertz CT molecular complexity index is 86.6. The molecule has 0 bridgehead atoms. The van der Waals surface area contributed by atoms with E-state index in [0.717, 1.165) is 0 Å². The van der Waals surface area contributed by atoms with Gasteiger partial charge in [-0.1, -0.05) is 0 Å². The fraction of sp³-hybridized carbons (Fsp3) is 0. The van der Waals surface area contributed by atoms with E-state index in [-0.39, 0.29) is 191 Å². The third-order valence-corrected chi connectivity index (χ3v) is 0. The normalized spacial score (nSPS) is 0.231. The number of hydrogen-bond acceptors (Lipinski definition) is 18. The van der Waals surface area contributed by atoms with E-state index in [4.69, 9.17) is 4.96 Å². The third kappa shape index (κ3) is 5230. The first-order chi connectivity index (χ1) is 1.41. The fourth-order valence-corrected chi connectivity index (χ4v) is 0. The summed E-state index contributed by atoms with van der Waals surface area (Å²) in [6, 6.07) is 0. The maximum absolute atomic E-state index is 7.33. The summed E-state index contributed by atoms with van der Waals surface area (Å²) in [7, 11) is 0. The van der Waals surface area contributed by atoms with Crippen molar-refractivity contribution in [2.45, 2.75) is 0 Å². The second-order valence-electron chi connectivity index (χ2n) is 0.100. The monoisotopic (exact) mass is 1090 g/mol. The molecule has 0 aliphatic rings. The van der Waals surface area contributed by atoms with Crippen LogP contribution in [-0.2, 0) is 0 Å². The van der Waals surface area contributed by atoms with Crippen LogP contribution < -0.4 is 98.4 Å². The molecule has 0 aliphatic carbocycles.